The zero-order valence-electron chi connectivity index (χ0n) is 9.78. The topological polar surface area (TPSA) is 42.4 Å². The number of benzene rings is 1. The van der Waals surface area contributed by atoms with Crippen molar-refractivity contribution in [2.24, 2.45) is 5.73 Å². The molecule has 2 aliphatic rings. The van der Waals surface area contributed by atoms with E-state index in [0.717, 1.165) is 25.1 Å². The standard InChI is InChI=1S/C14H16N2O/c15-9-7-16(8-9)11-4-2-6-13-14(11)10-3-1-5-12(10)17-13/h2,4,6,9H,1,3,5,7-8,15H2. The summed E-state index contributed by atoms with van der Waals surface area (Å²) in [5, 5.41) is 1.34. The first-order chi connectivity index (χ1) is 8.33. The highest BCUT2D eigenvalue weighted by Gasteiger charge is 2.28. The van der Waals surface area contributed by atoms with Gasteiger partial charge in [-0.25, -0.2) is 0 Å². The molecule has 1 aliphatic carbocycles. The maximum absolute atomic E-state index is 5.94. The summed E-state index contributed by atoms with van der Waals surface area (Å²) >= 11 is 0. The first-order valence-corrected chi connectivity index (χ1v) is 6.37. The van der Waals surface area contributed by atoms with Gasteiger partial charge in [0.15, 0.2) is 0 Å². The van der Waals surface area contributed by atoms with Gasteiger partial charge in [-0.3, -0.25) is 0 Å². The van der Waals surface area contributed by atoms with E-state index >= 15 is 0 Å². The Morgan fingerprint density at radius 1 is 1.24 bits per heavy atom. The molecule has 0 bridgehead atoms. The van der Waals surface area contributed by atoms with Crippen molar-refractivity contribution < 1.29 is 4.42 Å². The zero-order chi connectivity index (χ0) is 11.4. The maximum Gasteiger partial charge on any atom is 0.136 e. The van der Waals surface area contributed by atoms with E-state index in [1.165, 1.54) is 35.2 Å². The minimum absolute atomic E-state index is 0.338. The third-order valence-corrected chi connectivity index (χ3v) is 3.96. The number of anilines is 1. The van der Waals surface area contributed by atoms with Crippen molar-refractivity contribution in [3.8, 4) is 0 Å². The van der Waals surface area contributed by atoms with Gasteiger partial charge < -0.3 is 15.1 Å². The Kier molecular flexibility index (Phi) is 1.83. The fraction of sp³-hybridized carbons (Fsp3) is 0.429. The summed E-state index contributed by atoms with van der Waals surface area (Å²) in [6, 6.07) is 6.70. The average molecular weight is 228 g/mol. The van der Waals surface area contributed by atoms with Gasteiger partial charge in [-0.15, -0.1) is 0 Å². The van der Waals surface area contributed by atoms with E-state index in [0.29, 0.717) is 6.04 Å². The van der Waals surface area contributed by atoms with Crippen molar-refractivity contribution in [2.75, 3.05) is 18.0 Å². The van der Waals surface area contributed by atoms with Crippen LogP contribution < -0.4 is 10.6 Å². The Morgan fingerprint density at radius 2 is 2.12 bits per heavy atom. The molecule has 0 atom stereocenters. The van der Waals surface area contributed by atoms with Crippen LogP contribution in [0.15, 0.2) is 22.6 Å². The van der Waals surface area contributed by atoms with Crippen LogP contribution in [0.4, 0.5) is 5.69 Å². The van der Waals surface area contributed by atoms with E-state index in [2.05, 4.69) is 23.1 Å². The van der Waals surface area contributed by atoms with Crippen LogP contribution in [-0.2, 0) is 12.8 Å². The molecule has 17 heavy (non-hydrogen) atoms. The molecule has 0 radical (unpaired) electrons. The molecule has 0 unspecified atom stereocenters. The summed E-state index contributed by atoms with van der Waals surface area (Å²) < 4.78 is 5.94. The second-order valence-corrected chi connectivity index (χ2v) is 5.17. The Morgan fingerprint density at radius 3 is 2.94 bits per heavy atom. The van der Waals surface area contributed by atoms with E-state index in [9.17, 15) is 0 Å². The smallest absolute Gasteiger partial charge is 0.136 e. The molecule has 0 spiro atoms. The number of hydrogen-bond donors (Lipinski definition) is 1. The van der Waals surface area contributed by atoms with E-state index in [-0.39, 0.29) is 0 Å². The van der Waals surface area contributed by atoms with Crippen molar-refractivity contribution >= 4 is 16.7 Å². The lowest BCUT2D eigenvalue weighted by molar-refractivity contribution is 0.520. The molecule has 1 aliphatic heterocycles. The highest BCUT2D eigenvalue weighted by atomic mass is 16.3. The van der Waals surface area contributed by atoms with Crippen LogP contribution >= 0.6 is 0 Å². The second kappa shape index (κ2) is 3.26. The molecule has 1 aromatic carbocycles. The third kappa shape index (κ3) is 1.26. The zero-order valence-corrected chi connectivity index (χ0v) is 9.78. The van der Waals surface area contributed by atoms with Gasteiger partial charge in [0.05, 0.1) is 0 Å². The van der Waals surface area contributed by atoms with Crippen molar-refractivity contribution in [3.63, 3.8) is 0 Å². The number of nitrogens with two attached hydrogens (primary N) is 1. The van der Waals surface area contributed by atoms with Gasteiger partial charge >= 0.3 is 0 Å². The fourth-order valence-corrected chi connectivity index (χ4v) is 3.11. The minimum atomic E-state index is 0.338. The van der Waals surface area contributed by atoms with Crippen molar-refractivity contribution in [1.29, 1.82) is 0 Å². The van der Waals surface area contributed by atoms with E-state index < -0.39 is 0 Å². The van der Waals surface area contributed by atoms with Gasteiger partial charge in [0.25, 0.3) is 0 Å². The predicted molar refractivity (Wildman–Crippen MR) is 68.4 cm³/mol. The molecular formula is C14H16N2O. The summed E-state index contributed by atoms with van der Waals surface area (Å²) in [7, 11) is 0. The predicted octanol–water partition coefficient (Wildman–Crippen LogP) is 2.07. The summed E-state index contributed by atoms with van der Waals surface area (Å²) in [5.41, 5.74) is 9.68. The molecular weight excluding hydrogens is 212 g/mol. The fourth-order valence-electron chi connectivity index (χ4n) is 3.11. The second-order valence-electron chi connectivity index (χ2n) is 5.17. The Bertz CT molecular complexity index is 581. The van der Waals surface area contributed by atoms with Gasteiger partial charge in [-0.2, -0.15) is 0 Å². The summed E-state index contributed by atoms with van der Waals surface area (Å²) in [4.78, 5) is 2.36. The van der Waals surface area contributed by atoms with Gasteiger partial charge in [-0.05, 0) is 25.0 Å². The summed E-state index contributed by atoms with van der Waals surface area (Å²) in [6.07, 6.45) is 3.50. The van der Waals surface area contributed by atoms with Crippen LogP contribution in [0.25, 0.3) is 11.0 Å². The lowest BCUT2D eigenvalue weighted by Gasteiger charge is -2.39. The molecule has 2 heterocycles. The SMILES string of the molecule is NC1CN(c2cccc3oc4c(c23)CCC4)C1. The molecule has 2 aromatic rings. The Labute approximate surface area is 100 Å². The van der Waals surface area contributed by atoms with Gasteiger partial charge in [-0.1, -0.05) is 6.07 Å². The molecule has 1 saturated heterocycles. The van der Waals surface area contributed by atoms with Crippen LogP contribution in [0.5, 0.6) is 0 Å². The van der Waals surface area contributed by atoms with Crippen LogP contribution in [0.1, 0.15) is 17.7 Å². The lowest BCUT2D eigenvalue weighted by atomic mass is 10.0. The van der Waals surface area contributed by atoms with Gasteiger partial charge in [0.2, 0.25) is 0 Å². The quantitative estimate of drug-likeness (QED) is 0.812. The van der Waals surface area contributed by atoms with Crippen molar-refractivity contribution in [3.05, 3.63) is 29.5 Å². The van der Waals surface area contributed by atoms with Gasteiger partial charge in [0, 0.05) is 42.2 Å². The van der Waals surface area contributed by atoms with Crippen LogP contribution in [0, 0.1) is 0 Å². The summed E-state index contributed by atoms with van der Waals surface area (Å²) in [5.74, 6) is 1.21. The highest BCUT2D eigenvalue weighted by Crippen LogP contribution is 2.39. The Balaban J connectivity index is 1.91. The number of aryl methyl sites for hydroxylation is 2. The number of hydrogen-bond acceptors (Lipinski definition) is 3. The maximum atomic E-state index is 5.94. The number of rotatable bonds is 1. The first-order valence-electron chi connectivity index (χ1n) is 6.37. The lowest BCUT2D eigenvalue weighted by Crippen LogP contribution is -2.55. The monoisotopic (exact) mass is 228 g/mol. The molecule has 3 heteroatoms. The van der Waals surface area contributed by atoms with E-state index in [1.54, 1.807) is 0 Å². The molecule has 0 amide bonds. The molecule has 2 N–H and O–H groups in total. The van der Waals surface area contributed by atoms with Crippen LogP contribution in [0.2, 0.25) is 0 Å². The van der Waals surface area contributed by atoms with Crippen LogP contribution in [0.3, 0.4) is 0 Å². The highest BCUT2D eigenvalue weighted by molar-refractivity contribution is 5.95. The van der Waals surface area contributed by atoms with Crippen molar-refractivity contribution in [2.45, 2.75) is 25.3 Å². The molecule has 1 fully saturated rings. The van der Waals surface area contributed by atoms with Crippen molar-refractivity contribution in [1.82, 2.24) is 0 Å². The van der Waals surface area contributed by atoms with E-state index in [4.69, 9.17) is 10.2 Å². The normalized spacial score (nSPS) is 19.7. The van der Waals surface area contributed by atoms with E-state index in [1.807, 2.05) is 0 Å². The molecule has 3 nitrogen and oxygen atoms in total. The largest absolute Gasteiger partial charge is 0.461 e. The number of nitrogens with zero attached hydrogens (tertiary/aromatic N) is 1. The molecule has 4 rings (SSSR count). The average Bonchev–Trinajstić information content (AvgIpc) is 2.83. The number of fused-ring (bicyclic) bond motifs is 3. The molecule has 1 aromatic heterocycles. The van der Waals surface area contributed by atoms with Crippen LogP contribution in [-0.4, -0.2) is 19.1 Å². The first kappa shape index (κ1) is 9.54. The molecule has 88 valence electrons. The minimum Gasteiger partial charge on any atom is -0.461 e. The third-order valence-electron chi connectivity index (χ3n) is 3.96. The Hall–Kier alpha value is -1.48. The summed E-state index contributed by atoms with van der Waals surface area (Å²) in [6.45, 7) is 1.94. The van der Waals surface area contributed by atoms with Gasteiger partial charge in [0.1, 0.15) is 11.3 Å². The number of furan rings is 1. The molecule has 0 saturated carbocycles.